The van der Waals surface area contributed by atoms with E-state index in [0.29, 0.717) is 22.9 Å². The maximum atomic E-state index is 10.9. The number of nitrogens with one attached hydrogen (secondary N) is 1. The molecule has 0 saturated heterocycles. The van der Waals surface area contributed by atoms with Crippen molar-refractivity contribution in [2.24, 2.45) is 5.10 Å². The Labute approximate surface area is 159 Å². The molecule has 0 radical (unpaired) electrons. The molecule has 8 heteroatoms. The number of benzene rings is 2. The van der Waals surface area contributed by atoms with Crippen molar-refractivity contribution in [3.8, 4) is 11.5 Å². The van der Waals surface area contributed by atoms with Crippen LogP contribution in [0.1, 0.15) is 5.56 Å². The molecule has 28 heavy (non-hydrogen) atoms. The van der Waals surface area contributed by atoms with Crippen LogP contribution in [0.25, 0.3) is 22.4 Å². The molecule has 0 bridgehead atoms. The maximum Gasteiger partial charge on any atom is 0.270 e. The van der Waals surface area contributed by atoms with Crippen LogP contribution in [0.4, 0.5) is 11.5 Å². The van der Waals surface area contributed by atoms with E-state index >= 15 is 0 Å². The van der Waals surface area contributed by atoms with Gasteiger partial charge in [-0.1, -0.05) is 30.3 Å². The Morgan fingerprint density at radius 2 is 1.86 bits per heavy atom. The second kappa shape index (κ2) is 7.58. The van der Waals surface area contributed by atoms with Crippen molar-refractivity contribution >= 4 is 28.6 Å². The fraction of sp³-hybridized carbons (Fsp3) is 0. The highest BCUT2D eigenvalue weighted by atomic mass is 16.6. The minimum Gasteiger partial charge on any atom is -0.261 e. The zero-order valence-electron chi connectivity index (χ0n) is 14.6. The topological polar surface area (TPSA) is 106 Å². The summed E-state index contributed by atoms with van der Waals surface area (Å²) in [5.41, 5.74) is 4.93. The number of nitro groups is 1. The summed E-state index contributed by atoms with van der Waals surface area (Å²) in [7, 11) is 0. The summed E-state index contributed by atoms with van der Waals surface area (Å²) in [5.74, 6) is 1.00. The SMILES string of the molecule is O=[N+]([O-])c1cccc(/C=N/Nc2nc(-c3ccccn3)nc3ccccc23)c1. The lowest BCUT2D eigenvalue weighted by atomic mass is 10.2. The Morgan fingerprint density at radius 3 is 2.68 bits per heavy atom. The number of para-hydroxylation sites is 1. The van der Waals surface area contributed by atoms with Gasteiger partial charge < -0.3 is 0 Å². The number of fused-ring (bicyclic) bond motifs is 1. The first-order valence-corrected chi connectivity index (χ1v) is 8.42. The molecule has 0 unspecified atom stereocenters. The van der Waals surface area contributed by atoms with E-state index in [1.54, 1.807) is 18.3 Å². The summed E-state index contributed by atoms with van der Waals surface area (Å²) >= 11 is 0. The van der Waals surface area contributed by atoms with Crippen LogP contribution in [-0.4, -0.2) is 26.1 Å². The molecule has 2 aromatic carbocycles. The molecule has 2 heterocycles. The van der Waals surface area contributed by atoms with Crippen LogP contribution in [0, 0.1) is 10.1 Å². The average Bonchev–Trinajstić information content (AvgIpc) is 2.74. The van der Waals surface area contributed by atoms with Gasteiger partial charge in [-0.15, -0.1) is 0 Å². The van der Waals surface area contributed by atoms with Gasteiger partial charge in [0.1, 0.15) is 5.69 Å². The van der Waals surface area contributed by atoms with Crippen LogP contribution in [0.3, 0.4) is 0 Å². The minimum atomic E-state index is -0.443. The van der Waals surface area contributed by atoms with Crippen LogP contribution in [0.15, 0.2) is 78.0 Å². The first-order valence-electron chi connectivity index (χ1n) is 8.42. The van der Waals surface area contributed by atoms with E-state index in [2.05, 4.69) is 25.5 Å². The van der Waals surface area contributed by atoms with Gasteiger partial charge in [0.15, 0.2) is 11.6 Å². The fourth-order valence-corrected chi connectivity index (χ4v) is 2.66. The van der Waals surface area contributed by atoms with Gasteiger partial charge in [-0.25, -0.2) is 9.97 Å². The highest BCUT2D eigenvalue weighted by molar-refractivity contribution is 5.91. The van der Waals surface area contributed by atoms with Crippen LogP contribution >= 0.6 is 0 Å². The van der Waals surface area contributed by atoms with Crippen molar-refractivity contribution in [3.63, 3.8) is 0 Å². The summed E-state index contributed by atoms with van der Waals surface area (Å²) in [5, 5.41) is 15.9. The van der Waals surface area contributed by atoms with E-state index in [9.17, 15) is 10.1 Å². The van der Waals surface area contributed by atoms with Gasteiger partial charge in [0.05, 0.1) is 16.7 Å². The van der Waals surface area contributed by atoms with Crippen molar-refractivity contribution in [3.05, 3.63) is 88.6 Å². The quantitative estimate of drug-likeness (QED) is 0.323. The first kappa shape index (κ1) is 17.2. The summed E-state index contributed by atoms with van der Waals surface area (Å²) < 4.78 is 0. The van der Waals surface area contributed by atoms with Crippen LogP contribution in [0.2, 0.25) is 0 Å². The molecule has 0 aliphatic rings. The van der Waals surface area contributed by atoms with Crippen LogP contribution in [-0.2, 0) is 0 Å². The Balaban J connectivity index is 1.68. The predicted molar refractivity (Wildman–Crippen MR) is 107 cm³/mol. The number of hydrogen-bond acceptors (Lipinski definition) is 7. The first-order chi connectivity index (χ1) is 13.7. The van der Waals surface area contributed by atoms with Crippen LogP contribution in [0.5, 0.6) is 0 Å². The molecule has 0 spiro atoms. The number of nitrogens with zero attached hydrogens (tertiary/aromatic N) is 5. The van der Waals surface area contributed by atoms with E-state index in [-0.39, 0.29) is 5.69 Å². The van der Waals surface area contributed by atoms with E-state index in [4.69, 9.17) is 0 Å². The molecule has 0 amide bonds. The van der Waals surface area contributed by atoms with Gasteiger partial charge in [-0.2, -0.15) is 5.10 Å². The summed E-state index contributed by atoms with van der Waals surface area (Å²) in [6.45, 7) is 0. The summed E-state index contributed by atoms with van der Waals surface area (Å²) in [4.78, 5) is 23.8. The lowest BCUT2D eigenvalue weighted by Gasteiger charge is -2.07. The molecular weight excluding hydrogens is 356 g/mol. The lowest BCUT2D eigenvalue weighted by Crippen LogP contribution is -2.00. The molecule has 8 nitrogen and oxygen atoms in total. The number of non-ortho nitro benzene ring substituents is 1. The number of hydrazone groups is 1. The molecule has 1 N–H and O–H groups in total. The van der Waals surface area contributed by atoms with Gasteiger partial charge >= 0.3 is 0 Å². The molecule has 0 aliphatic heterocycles. The van der Waals surface area contributed by atoms with Crippen molar-refractivity contribution in [2.45, 2.75) is 0 Å². The zero-order valence-corrected chi connectivity index (χ0v) is 14.6. The number of aromatic nitrogens is 3. The largest absolute Gasteiger partial charge is 0.270 e. The summed E-state index contributed by atoms with van der Waals surface area (Å²) in [6.07, 6.45) is 3.19. The van der Waals surface area contributed by atoms with E-state index in [1.165, 1.54) is 18.3 Å². The standard InChI is InChI=1S/C20H14N6O2/c27-26(28)15-7-5-6-14(12-15)13-22-25-19-16-8-1-2-9-17(16)23-20(24-19)18-10-3-4-11-21-18/h1-13H,(H,23,24,25)/b22-13+. The Morgan fingerprint density at radius 1 is 1.00 bits per heavy atom. The van der Waals surface area contributed by atoms with E-state index in [0.717, 1.165) is 10.9 Å². The van der Waals surface area contributed by atoms with Crippen molar-refractivity contribution < 1.29 is 4.92 Å². The van der Waals surface area contributed by atoms with Gasteiger partial charge in [-0.05, 0) is 24.3 Å². The van der Waals surface area contributed by atoms with E-state index in [1.807, 2.05) is 42.5 Å². The fourth-order valence-electron chi connectivity index (χ4n) is 2.66. The Hall–Kier alpha value is -4.20. The molecule has 136 valence electrons. The highest BCUT2D eigenvalue weighted by Crippen LogP contribution is 2.23. The Kier molecular flexibility index (Phi) is 4.67. The predicted octanol–water partition coefficient (Wildman–Crippen LogP) is 4.05. The molecule has 4 aromatic rings. The molecule has 0 saturated carbocycles. The second-order valence-corrected chi connectivity index (χ2v) is 5.85. The number of pyridine rings is 1. The van der Waals surface area contributed by atoms with Gasteiger partial charge in [-0.3, -0.25) is 20.5 Å². The highest BCUT2D eigenvalue weighted by Gasteiger charge is 2.09. The van der Waals surface area contributed by atoms with Crippen molar-refractivity contribution in [1.29, 1.82) is 0 Å². The molecule has 0 aliphatic carbocycles. The smallest absolute Gasteiger partial charge is 0.261 e. The van der Waals surface area contributed by atoms with Gasteiger partial charge in [0.25, 0.3) is 5.69 Å². The maximum absolute atomic E-state index is 10.9. The third kappa shape index (κ3) is 3.65. The minimum absolute atomic E-state index is 0.00822. The molecule has 2 aromatic heterocycles. The van der Waals surface area contributed by atoms with Crippen molar-refractivity contribution in [1.82, 2.24) is 15.0 Å². The van der Waals surface area contributed by atoms with Crippen LogP contribution < -0.4 is 5.43 Å². The number of hydrogen-bond donors (Lipinski definition) is 1. The van der Waals surface area contributed by atoms with Gasteiger partial charge in [0.2, 0.25) is 0 Å². The third-order valence-corrected chi connectivity index (χ3v) is 3.96. The van der Waals surface area contributed by atoms with Gasteiger partial charge in [0, 0.05) is 29.3 Å². The zero-order chi connectivity index (χ0) is 19.3. The monoisotopic (exact) mass is 370 g/mol. The second-order valence-electron chi connectivity index (χ2n) is 5.85. The normalized spacial score (nSPS) is 11.0. The van der Waals surface area contributed by atoms with Crippen molar-refractivity contribution in [2.75, 3.05) is 5.43 Å². The third-order valence-electron chi connectivity index (χ3n) is 3.96. The molecule has 4 rings (SSSR count). The Bertz CT molecular complexity index is 1180. The van der Waals surface area contributed by atoms with E-state index < -0.39 is 4.92 Å². The summed E-state index contributed by atoms with van der Waals surface area (Å²) in [6, 6.07) is 19.3. The molecule has 0 atom stereocenters. The number of rotatable bonds is 5. The molecule has 0 fully saturated rings. The number of nitro benzene ring substituents is 1. The molecular formula is C20H14N6O2. The average molecular weight is 370 g/mol. The lowest BCUT2D eigenvalue weighted by molar-refractivity contribution is -0.384. The number of anilines is 1.